The molecule has 3 nitrogen and oxygen atoms in total. The van der Waals surface area contributed by atoms with E-state index in [1.165, 1.54) is 0 Å². The first-order valence-corrected chi connectivity index (χ1v) is 5.97. The van der Waals surface area contributed by atoms with E-state index in [0.717, 1.165) is 17.6 Å². The molecule has 1 rings (SSSR count). The highest BCUT2D eigenvalue weighted by molar-refractivity contribution is 5.58. The summed E-state index contributed by atoms with van der Waals surface area (Å²) >= 11 is 0. The Morgan fingerprint density at radius 1 is 1.39 bits per heavy atom. The van der Waals surface area contributed by atoms with E-state index in [-0.39, 0.29) is 6.61 Å². The summed E-state index contributed by atoms with van der Waals surface area (Å²) in [6, 6.07) is 5.69. The fraction of sp³-hybridized carbons (Fsp3) is 0.333. The molecule has 98 valence electrons. The van der Waals surface area contributed by atoms with Gasteiger partial charge in [-0.3, -0.25) is 0 Å². The zero-order valence-electron chi connectivity index (χ0n) is 11.0. The molecule has 1 aromatic carbocycles. The maximum atomic E-state index is 9.15. The van der Waals surface area contributed by atoms with Crippen molar-refractivity contribution < 1.29 is 14.6 Å². The Kier molecular flexibility index (Phi) is 6.01. The number of aliphatic hydroxyl groups is 1. The summed E-state index contributed by atoms with van der Waals surface area (Å²) in [7, 11) is 1.61. The normalized spacial score (nSPS) is 11.2. The topological polar surface area (TPSA) is 38.7 Å². The quantitative estimate of drug-likeness (QED) is 0.754. The fourth-order valence-corrected chi connectivity index (χ4v) is 1.54. The van der Waals surface area contributed by atoms with Crippen LogP contribution in [0.15, 0.2) is 36.4 Å². The van der Waals surface area contributed by atoms with Crippen molar-refractivity contribution in [1.82, 2.24) is 0 Å². The highest BCUT2D eigenvalue weighted by Gasteiger charge is 2.04. The maximum Gasteiger partial charge on any atom is 0.161 e. The van der Waals surface area contributed by atoms with E-state index >= 15 is 0 Å². The van der Waals surface area contributed by atoms with Crippen molar-refractivity contribution in [3.05, 3.63) is 42.0 Å². The molecule has 3 heteroatoms. The molecule has 0 atom stereocenters. The Bertz CT molecular complexity index is 416. The Labute approximate surface area is 108 Å². The number of hydrogen-bond donors (Lipinski definition) is 1. The Morgan fingerprint density at radius 3 is 2.72 bits per heavy atom. The predicted octanol–water partition coefficient (Wildman–Crippen LogP) is 3.05. The van der Waals surface area contributed by atoms with Crippen LogP contribution < -0.4 is 9.47 Å². The molecule has 0 aliphatic carbocycles. The first kappa shape index (κ1) is 14.3. The summed E-state index contributed by atoms with van der Waals surface area (Å²) in [6.45, 7) is 6.15. The van der Waals surface area contributed by atoms with Crippen molar-refractivity contribution in [2.75, 3.05) is 20.3 Å². The van der Waals surface area contributed by atoms with E-state index in [0.29, 0.717) is 18.1 Å². The SMILES string of the molecule is C=CCOc1ccc(C=C(CC)CO)cc1OC. The lowest BCUT2D eigenvalue weighted by molar-refractivity contribution is 0.326. The van der Waals surface area contributed by atoms with E-state index in [2.05, 4.69) is 6.58 Å². The lowest BCUT2D eigenvalue weighted by Gasteiger charge is -2.10. The largest absolute Gasteiger partial charge is 0.493 e. The van der Waals surface area contributed by atoms with Gasteiger partial charge in [-0.05, 0) is 29.7 Å². The molecule has 0 spiro atoms. The molecular weight excluding hydrogens is 228 g/mol. The lowest BCUT2D eigenvalue weighted by atomic mass is 10.1. The van der Waals surface area contributed by atoms with Gasteiger partial charge < -0.3 is 14.6 Å². The van der Waals surface area contributed by atoms with Crippen molar-refractivity contribution in [1.29, 1.82) is 0 Å². The zero-order valence-corrected chi connectivity index (χ0v) is 11.0. The van der Waals surface area contributed by atoms with Crippen LogP contribution in [0.5, 0.6) is 11.5 Å². The first-order chi connectivity index (χ1) is 8.74. The minimum atomic E-state index is 0.0769. The Hall–Kier alpha value is -1.74. The van der Waals surface area contributed by atoms with Gasteiger partial charge in [0.25, 0.3) is 0 Å². The maximum absolute atomic E-state index is 9.15. The first-order valence-electron chi connectivity index (χ1n) is 5.97. The number of methoxy groups -OCH3 is 1. The molecular formula is C15H20O3. The standard InChI is InChI=1S/C15H20O3/c1-4-8-18-14-7-6-13(10-15(14)17-3)9-12(5-2)11-16/h4,6-7,9-10,16H,1,5,8,11H2,2-3H3. The zero-order chi connectivity index (χ0) is 13.4. The molecule has 0 saturated carbocycles. The number of rotatable bonds is 7. The van der Waals surface area contributed by atoms with Gasteiger partial charge in [0, 0.05) is 0 Å². The minimum absolute atomic E-state index is 0.0769. The van der Waals surface area contributed by atoms with Gasteiger partial charge in [-0.15, -0.1) is 0 Å². The van der Waals surface area contributed by atoms with Crippen LogP contribution in [0.2, 0.25) is 0 Å². The van der Waals surface area contributed by atoms with E-state index < -0.39 is 0 Å². The second-order valence-corrected chi connectivity index (χ2v) is 3.82. The molecule has 1 aromatic rings. The molecule has 18 heavy (non-hydrogen) atoms. The lowest BCUT2D eigenvalue weighted by Crippen LogP contribution is -1.96. The van der Waals surface area contributed by atoms with Crippen molar-refractivity contribution in [2.24, 2.45) is 0 Å². The van der Waals surface area contributed by atoms with Crippen LogP contribution in [-0.2, 0) is 0 Å². The van der Waals surface area contributed by atoms with Gasteiger partial charge in [0.05, 0.1) is 13.7 Å². The van der Waals surface area contributed by atoms with Crippen LogP contribution >= 0.6 is 0 Å². The van der Waals surface area contributed by atoms with Gasteiger partial charge in [0.2, 0.25) is 0 Å². The number of hydrogen-bond acceptors (Lipinski definition) is 3. The average Bonchev–Trinajstić information content (AvgIpc) is 2.42. The third-order valence-electron chi connectivity index (χ3n) is 2.57. The third kappa shape index (κ3) is 3.93. The van der Waals surface area contributed by atoms with E-state index in [1.54, 1.807) is 13.2 Å². The van der Waals surface area contributed by atoms with Gasteiger partial charge in [0.1, 0.15) is 6.61 Å². The van der Waals surface area contributed by atoms with Crippen LogP contribution in [0.1, 0.15) is 18.9 Å². The van der Waals surface area contributed by atoms with Gasteiger partial charge in [0.15, 0.2) is 11.5 Å². The monoisotopic (exact) mass is 248 g/mol. The summed E-state index contributed by atoms with van der Waals surface area (Å²) in [4.78, 5) is 0. The van der Waals surface area contributed by atoms with Crippen LogP contribution in [0.4, 0.5) is 0 Å². The molecule has 0 bridgehead atoms. The van der Waals surface area contributed by atoms with Crippen LogP contribution in [-0.4, -0.2) is 25.4 Å². The highest BCUT2D eigenvalue weighted by Crippen LogP contribution is 2.29. The molecule has 0 saturated heterocycles. The second-order valence-electron chi connectivity index (χ2n) is 3.82. The van der Waals surface area contributed by atoms with E-state index in [9.17, 15) is 0 Å². The molecule has 1 N–H and O–H groups in total. The van der Waals surface area contributed by atoms with Crippen LogP contribution in [0.3, 0.4) is 0 Å². The Morgan fingerprint density at radius 2 is 2.17 bits per heavy atom. The predicted molar refractivity (Wildman–Crippen MR) is 74.0 cm³/mol. The smallest absolute Gasteiger partial charge is 0.161 e. The fourth-order valence-electron chi connectivity index (χ4n) is 1.54. The highest BCUT2D eigenvalue weighted by atomic mass is 16.5. The molecule has 0 radical (unpaired) electrons. The van der Waals surface area contributed by atoms with Gasteiger partial charge in [-0.25, -0.2) is 0 Å². The van der Waals surface area contributed by atoms with Crippen LogP contribution in [0.25, 0.3) is 6.08 Å². The minimum Gasteiger partial charge on any atom is -0.493 e. The molecule has 0 aliphatic rings. The summed E-state index contributed by atoms with van der Waals surface area (Å²) in [6.07, 6.45) is 4.47. The van der Waals surface area contributed by atoms with Gasteiger partial charge >= 0.3 is 0 Å². The van der Waals surface area contributed by atoms with E-state index in [4.69, 9.17) is 14.6 Å². The van der Waals surface area contributed by atoms with Crippen molar-refractivity contribution >= 4 is 6.08 Å². The third-order valence-corrected chi connectivity index (χ3v) is 2.57. The van der Waals surface area contributed by atoms with Crippen molar-refractivity contribution in [3.63, 3.8) is 0 Å². The van der Waals surface area contributed by atoms with Crippen LogP contribution in [0, 0.1) is 0 Å². The number of aliphatic hydroxyl groups excluding tert-OH is 1. The Balaban J connectivity index is 2.97. The summed E-state index contributed by atoms with van der Waals surface area (Å²) < 4.78 is 10.8. The molecule has 0 unspecified atom stereocenters. The average molecular weight is 248 g/mol. The molecule has 0 aliphatic heterocycles. The molecule has 0 fully saturated rings. The number of ether oxygens (including phenoxy) is 2. The van der Waals surface area contributed by atoms with Crippen molar-refractivity contribution in [2.45, 2.75) is 13.3 Å². The van der Waals surface area contributed by atoms with Crippen molar-refractivity contribution in [3.8, 4) is 11.5 Å². The van der Waals surface area contributed by atoms with Gasteiger partial charge in [-0.2, -0.15) is 0 Å². The van der Waals surface area contributed by atoms with Gasteiger partial charge in [-0.1, -0.05) is 31.7 Å². The second kappa shape index (κ2) is 7.56. The number of benzene rings is 1. The summed E-state index contributed by atoms with van der Waals surface area (Å²) in [5.41, 5.74) is 1.97. The summed E-state index contributed by atoms with van der Waals surface area (Å²) in [5.74, 6) is 1.37. The molecule has 0 aromatic heterocycles. The van der Waals surface area contributed by atoms with E-state index in [1.807, 2.05) is 31.2 Å². The molecule has 0 amide bonds. The summed E-state index contributed by atoms with van der Waals surface area (Å²) in [5, 5.41) is 9.15. The molecule has 0 heterocycles.